The number of hydrogen-bond acceptors (Lipinski definition) is 4. The van der Waals surface area contributed by atoms with Crippen molar-refractivity contribution in [1.29, 1.82) is 0 Å². The zero-order chi connectivity index (χ0) is 22.9. The van der Waals surface area contributed by atoms with Gasteiger partial charge in [0.05, 0.1) is 23.0 Å². The molecule has 0 aliphatic carbocycles. The van der Waals surface area contributed by atoms with Gasteiger partial charge in [0.1, 0.15) is 6.04 Å². The number of carbonyl (C=O) groups excluding carboxylic acids is 2. The molecule has 0 aromatic carbocycles. The Bertz CT molecular complexity index is 912. The number of halogens is 3. The van der Waals surface area contributed by atoms with E-state index >= 15 is 0 Å². The minimum Gasteiger partial charge on any atom is -0.350 e. The SMILES string of the molecule is CC(NC(=O)c1cnn(-c2ccc(C(F)(F)F)cn2)c1C(C)C)C(=O)NC(C)(C)C. The van der Waals surface area contributed by atoms with Gasteiger partial charge in [-0.15, -0.1) is 0 Å². The van der Waals surface area contributed by atoms with Gasteiger partial charge in [0.15, 0.2) is 5.82 Å². The van der Waals surface area contributed by atoms with Gasteiger partial charge >= 0.3 is 6.18 Å². The molecule has 0 fully saturated rings. The quantitative estimate of drug-likeness (QED) is 0.768. The first-order chi connectivity index (χ1) is 13.7. The molecule has 30 heavy (non-hydrogen) atoms. The normalized spacial score (nSPS) is 13.3. The van der Waals surface area contributed by atoms with E-state index in [2.05, 4.69) is 20.7 Å². The van der Waals surface area contributed by atoms with Crippen molar-refractivity contribution in [3.63, 3.8) is 0 Å². The van der Waals surface area contributed by atoms with E-state index in [-0.39, 0.29) is 23.2 Å². The van der Waals surface area contributed by atoms with Crippen LogP contribution in [0, 0.1) is 0 Å². The summed E-state index contributed by atoms with van der Waals surface area (Å²) in [5, 5.41) is 9.56. The van der Waals surface area contributed by atoms with E-state index in [0.29, 0.717) is 5.69 Å². The van der Waals surface area contributed by atoms with Crippen molar-refractivity contribution < 1.29 is 22.8 Å². The number of nitrogens with zero attached hydrogens (tertiary/aromatic N) is 3. The second kappa shape index (κ2) is 8.45. The molecule has 0 saturated carbocycles. The van der Waals surface area contributed by atoms with Crippen molar-refractivity contribution in [2.45, 2.75) is 65.2 Å². The van der Waals surface area contributed by atoms with E-state index in [1.165, 1.54) is 16.9 Å². The lowest BCUT2D eigenvalue weighted by Gasteiger charge is -2.23. The van der Waals surface area contributed by atoms with Crippen LogP contribution in [0.5, 0.6) is 0 Å². The van der Waals surface area contributed by atoms with E-state index in [1.54, 1.807) is 6.92 Å². The summed E-state index contributed by atoms with van der Waals surface area (Å²) in [7, 11) is 0. The molecule has 2 heterocycles. The first-order valence-electron chi connectivity index (χ1n) is 9.45. The van der Waals surface area contributed by atoms with E-state index in [4.69, 9.17) is 0 Å². The van der Waals surface area contributed by atoms with Crippen molar-refractivity contribution in [1.82, 2.24) is 25.4 Å². The van der Waals surface area contributed by atoms with Crippen LogP contribution >= 0.6 is 0 Å². The minimum atomic E-state index is -4.49. The number of rotatable bonds is 5. The van der Waals surface area contributed by atoms with Crippen LogP contribution in [0.4, 0.5) is 13.2 Å². The average molecular weight is 425 g/mol. The lowest BCUT2D eigenvalue weighted by atomic mass is 10.0. The summed E-state index contributed by atoms with van der Waals surface area (Å²) in [6, 6.07) is 1.32. The number of hydrogen-bond donors (Lipinski definition) is 2. The van der Waals surface area contributed by atoms with Gasteiger partial charge < -0.3 is 10.6 Å². The Hall–Kier alpha value is -2.91. The standard InChI is InChI=1S/C20H26F3N5O2/c1-11(2)16-14(18(30)26-12(3)17(29)27-19(4,5)6)10-25-28(16)15-8-7-13(9-24-15)20(21,22)23/h7-12H,1-6H3,(H,26,30)(H,27,29). The molecule has 0 aliphatic heterocycles. The summed E-state index contributed by atoms with van der Waals surface area (Å²) in [5.74, 6) is -0.868. The van der Waals surface area contributed by atoms with Gasteiger partial charge in [-0.25, -0.2) is 9.67 Å². The summed E-state index contributed by atoms with van der Waals surface area (Å²) in [6.45, 7) is 10.7. The summed E-state index contributed by atoms with van der Waals surface area (Å²) >= 11 is 0. The largest absolute Gasteiger partial charge is 0.417 e. The van der Waals surface area contributed by atoms with Crippen LogP contribution in [0.15, 0.2) is 24.5 Å². The molecule has 164 valence electrons. The van der Waals surface area contributed by atoms with Crippen LogP contribution in [-0.2, 0) is 11.0 Å². The van der Waals surface area contributed by atoms with Crippen molar-refractivity contribution >= 4 is 11.8 Å². The zero-order valence-corrected chi connectivity index (χ0v) is 17.8. The van der Waals surface area contributed by atoms with E-state index in [9.17, 15) is 22.8 Å². The molecule has 2 aromatic heterocycles. The van der Waals surface area contributed by atoms with Crippen LogP contribution in [0.3, 0.4) is 0 Å². The molecule has 1 unspecified atom stereocenters. The van der Waals surface area contributed by atoms with Gasteiger partial charge in [0.25, 0.3) is 5.91 Å². The molecule has 0 spiro atoms. The molecular weight excluding hydrogens is 399 g/mol. The molecule has 0 bridgehead atoms. The highest BCUT2D eigenvalue weighted by Crippen LogP contribution is 2.29. The van der Waals surface area contributed by atoms with Gasteiger partial charge in [-0.1, -0.05) is 13.8 Å². The zero-order valence-electron chi connectivity index (χ0n) is 17.8. The molecule has 2 rings (SSSR count). The summed E-state index contributed by atoms with van der Waals surface area (Å²) in [6.07, 6.45) is -2.45. The lowest BCUT2D eigenvalue weighted by molar-refractivity contribution is -0.137. The Morgan fingerprint density at radius 3 is 2.17 bits per heavy atom. The predicted octanol–water partition coefficient (Wildman–Crippen LogP) is 3.44. The highest BCUT2D eigenvalue weighted by Gasteiger charge is 2.31. The summed E-state index contributed by atoms with van der Waals surface area (Å²) in [4.78, 5) is 28.8. The molecule has 1 atom stereocenters. The molecule has 2 amide bonds. The highest BCUT2D eigenvalue weighted by molar-refractivity contribution is 5.98. The first-order valence-corrected chi connectivity index (χ1v) is 9.45. The molecule has 7 nitrogen and oxygen atoms in total. The van der Waals surface area contributed by atoms with Crippen LogP contribution in [-0.4, -0.2) is 38.2 Å². The van der Waals surface area contributed by atoms with Crippen molar-refractivity contribution in [3.05, 3.63) is 41.3 Å². The molecule has 0 saturated heterocycles. The first kappa shape index (κ1) is 23.4. The number of amides is 2. The van der Waals surface area contributed by atoms with Crippen LogP contribution in [0.1, 0.15) is 69.1 Å². The smallest absolute Gasteiger partial charge is 0.350 e. The third-order valence-electron chi connectivity index (χ3n) is 4.13. The number of pyridine rings is 1. The van der Waals surface area contributed by atoms with Crippen LogP contribution < -0.4 is 10.6 Å². The molecule has 0 radical (unpaired) electrons. The Morgan fingerprint density at radius 1 is 1.07 bits per heavy atom. The summed E-state index contributed by atoms with van der Waals surface area (Å²) < 4.78 is 39.7. The monoisotopic (exact) mass is 425 g/mol. The second-order valence-electron chi connectivity index (χ2n) is 8.35. The minimum absolute atomic E-state index is 0.157. The number of alkyl halides is 3. The third kappa shape index (κ3) is 5.58. The Labute approximate surface area is 173 Å². The maximum atomic E-state index is 12.8. The number of carbonyl (C=O) groups is 2. The molecule has 0 aliphatic rings. The maximum Gasteiger partial charge on any atom is 0.417 e. The van der Waals surface area contributed by atoms with Gasteiger partial charge in [-0.05, 0) is 45.7 Å². The third-order valence-corrected chi connectivity index (χ3v) is 4.13. The van der Waals surface area contributed by atoms with Crippen LogP contribution in [0.25, 0.3) is 5.82 Å². The van der Waals surface area contributed by atoms with Gasteiger partial charge in [-0.2, -0.15) is 18.3 Å². The van der Waals surface area contributed by atoms with Gasteiger partial charge in [0.2, 0.25) is 5.91 Å². The van der Waals surface area contributed by atoms with E-state index in [0.717, 1.165) is 12.3 Å². The molecule has 2 aromatic rings. The molecule has 2 N–H and O–H groups in total. The van der Waals surface area contributed by atoms with Gasteiger partial charge in [0, 0.05) is 11.7 Å². The van der Waals surface area contributed by atoms with E-state index < -0.39 is 29.2 Å². The predicted molar refractivity (Wildman–Crippen MR) is 105 cm³/mol. The van der Waals surface area contributed by atoms with Crippen molar-refractivity contribution in [2.75, 3.05) is 0 Å². The Morgan fingerprint density at radius 2 is 1.70 bits per heavy atom. The number of nitrogens with one attached hydrogen (secondary N) is 2. The number of aromatic nitrogens is 3. The fourth-order valence-electron chi connectivity index (χ4n) is 2.77. The Kier molecular flexibility index (Phi) is 6.58. The molecular formula is C20H26F3N5O2. The highest BCUT2D eigenvalue weighted by atomic mass is 19.4. The second-order valence-corrected chi connectivity index (χ2v) is 8.35. The van der Waals surface area contributed by atoms with Crippen LogP contribution in [0.2, 0.25) is 0 Å². The van der Waals surface area contributed by atoms with Gasteiger partial charge in [-0.3, -0.25) is 9.59 Å². The Balaban J connectivity index is 2.30. The fraction of sp³-hybridized carbons (Fsp3) is 0.500. The maximum absolute atomic E-state index is 12.8. The topological polar surface area (TPSA) is 88.9 Å². The van der Waals surface area contributed by atoms with E-state index in [1.807, 2.05) is 34.6 Å². The summed E-state index contributed by atoms with van der Waals surface area (Å²) in [5.41, 5.74) is -0.621. The van der Waals surface area contributed by atoms with Crippen molar-refractivity contribution in [3.8, 4) is 5.82 Å². The fourth-order valence-corrected chi connectivity index (χ4v) is 2.77. The molecule has 10 heteroatoms. The van der Waals surface area contributed by atoms with Crippen molar-refractivity contribution in [2.24, 2.45) is 0 Å². The lowest BCUT2D eigenvalue weighted by Crippen LogP contribution is -2.50. The average Bonchev–Trinajstić information content (AvgIpc) is 3.05.